The first kappa shape index (κ1) is 32.0. The van der Waals surface area contributed by atoms with Gasteiger partial charge in [0.15, 0.2) is 15.8 Å². The van der Waals surface area contributed by atoms with Crippen LogP contribution in [-0.2, 0) is 21.9 Å². The molecule has 11 heteroatoms. The lowest BCUT2D eigenvalue weighted by Crippen LogP contribution is -2.29. The first-order valence-electron chi connectivity index (χ1n) is 14.7. The summed E-state index contributed by atoms with van der Waals surface area (Å²) in [5, 5.41) is 20.4. The molecule has 1 unspecified atom stereocenters. The van der Waals surface area contributed by atoms with Gasteiger partial charge in [-0.1, -0.05) is 89.3 Å². The number of nitrogens with zero attached hydrogens (tertiary/aromatic N) is 3. The van der Waals surface area contributed by atoms with Crippen LogP contribution in [0.15, 0.2) is 101 Å². The highest BCUT2D eigenvalue weighted by atomic mass is 32.2. The number of hydrogen-bond acceptors (Lipinski definition) is 9. The van der Waals surface area contributed by atoms with E-state index in [0.29, 0.717) is 39.3 Å². The molecular formula is C36H30FN3O5S2. The molecule has 1 saturated heterocycles. The molecule has 1 atom stereocenters. The molecule has 0 aliphatic carbocycles. The zero-order chi connectivity index (χ0) is 33.1. The molecule has 238 valence electrons. The second kappa shape index (κ2) is 13.8. The maximum atomic E-state index is 13.8. The smallest absolute Gasteiger partial charge is 0.301 e. The summed E-state index contributed by atoms with van der Waals surface area (Å²) in [5.41, 5.74) is 4.39. The molecule has 0 bridgehead atoms. The molecule has 2 heterocycles. The minimum Gasteiger partial charge on any atom is -0.507 e. The van der Waals surface area contributed by atoms with E-state index in [1.54, 1.807) is 36.4 Å². The summed E-state index contributed by atoms with van der Waals surface area (Å²) in [7, 11) is 1.51. The number of carbonyl (C=O) groups is 2. The highest BCUT2D eigenvalue weighted by Gasteiger charge is 2.48. The number of aromatic nitrogens is 2. The third-order valence-corrected chi connectivity index (χ3v) is 9.84. The molecule has 1 aromatic heterocycles. The number of anilines is 1. The van der Waals surface area contributed by atoms with Crippen LogP contribution in [0.5, 0.6) is 11.5 Å². The Bertz CT molecular complexity index is 1980. The van der Waals surface area contributed by atoms with Crippen molar-refractivity contribution in [2.45, 2.75) is 36.6 Å². The first-order chi connectivity index (χ1) is 22.7. The van der Waals surface area contributed by atoms with Crippen molar-refractivity contribution < 1.29 is 28.6 Å². The van der Waals surface area contributed by atoms with Crippen LogP contribution in [-0.4, -0.2) is 34.1 Å². The number of carbonyl (C=O) groups excluding carboxylic acids is 2. The van der Waals surface area contributed by atoms with Crippen LogP contribution in [0.25, 0.3) is 5.76 Å². The van der Waals surface area contributed by atoms with E-state index in [4.69, 9.17) is 9.47 Å². The van der Waals surface area contributed by atoms with Gasteiger partial charge in [0.05, 0.1) is 18.7 Å². The number of methoxy groups -OCH3 is 1. The van der Waals surface area contributed by atoms with Crippen molar-refractivity contribution in [2.75, 3.05) is 12.0 Å². The molecule has 1 fully saturated rings. The van der Waals surface area contributed by atoms with E-state index >= 15 is 0 Å². The molecule has 1 aliphatic rings. The lowest BCUT2D eigenvalue weighted by molar-refractivity contribution is -0.132. The minimum absolute atomic E-state index is 0.0700. The molecule has 8 nitrogen and oxygen atoms in total. The third kappa shape index (κ3) is 6.77. The minimum atomic E-state index is -1.03. The maximum Gasteiger partial charge on any atom is 0.301 e. The van der Waals surface area contributed by atoms with Gasteiger partial charge in [0.25, 0.3) is 5.78 Å². The number of hydrogen-bond donors (Lipinski definition) is 1. The van der Waals surface area contributed by atoms with E-state index in [0.717, 1.165) is 33.6 Å². The van der Waals surface area contributed by atoms with E-state index in [9.17, 15) is 19.1 Å². The molecule has 0 spiro atoms. The van der Waals surface area contributed by atoms with Gasteiger partial charge in [-0.05, 0) is 66.4 Å². The standard InChI is InChI=1S/C36H30FN3O5S2/c1-21-9-10-22(2)27(17-21)32(41)30-31(25-13-16-28(29(18-25)44-3)45-19-23-7-5-4-6-8-23)40(34(43)33(30)42)35-38-39-36(47-35)46-20-24-11-14-26(37)15-12-24/h4-18,31,41H,19-20H2,1-3H3. The van der Waals surface area contributed by atoms with E-state index < -0.39 is 17.7 Å². The summed E-state index contributed by atoms with van der Waals surface area (Å²) in [4.78, 5) is 28.8. The number of Topliss-reactive ketones (excluding diaryl/α,β-unsaturated/α-hetero) is 1. The second-order valence-corrected chi connectivity index (χ2v) is 13.1. The summed E-state index contributed by atoms with van der Waals surface area (Å²) < 4.78 is 25.7. The van der Waals surface area contributed by atoms with Crippen LogP contribution in [0, 0.1) is 19.7 Å². The van der Waals surface area contributed by atoms with Gasteiger partial charge in [0.2, 0.25) is 5.13 Å². The summed E-state index contributed by atoms with van der Waals surface area (Å²) in [6.45, 7) is 4.03. The Labute approximate surface area is 279 Å². The van der Waals surface area contributed by atoms with E-state index in [2.05, 4.69) is 10.2 Å². The monoisotopic (exact) mass is 667 g/mol. The lowest BCUT2D eigenvalue weighted by Gasteiger charge is -2.23. The summed E-state index contributed by atoms with van der Waals surface area (Å²) in [5.74, 6) is -0.906. The fourth-order valence-electron chi connectivity index (χ4n) is 5.27. The summed E-state index contributed by atoms with van der Waals surface area (Å²) >= 11 is 2.53. The van der Waals surface area contributed by atoms with E-state index in [-0.39, 0.29) is 22.3 Å². The van der Waals surface area contributed by atoms with Gasteiger partial charge in [-0.15, -0.1) is 10.2 Å². The third-order valence-electron chi connectivity index (χ3n) is 7.71. The number of aryl methyl sites for hydroxylation is 2. The lowest BCUT2D eigenvalue weighted by atomic mass is 9.93. The van der Waals surface area contributed by atoms with Gasteiger partial charge in [-0.25, -0.2) is 4.39 Å². The summed E-state index contributed by atoms with van der Waals surface area (Å²) in [6.07, 6.45) is 0. The molecule has 6 rings (SSSR count). The number of aliphatic hydroxyl groups excluding tert-OH is 1. The van der Waals surface area contributed by atoms with Crippen LogP contribution < -0.4 is 14.4 Å². The number of rotatable bonds is 10. The molecular weight excluding hydrogens is 638 g/mol. The van der Waals surface area contributed by atoms with Crippen LogP contribution in [0.1, 0.15) is 39.4 Å². The molecule has 1 N–H and O–H groups in total. The summed E-state index contributed by atoms with van der Waals surface area (Å²) in [6, 6.07) is 25.5. The molecule has 0 saturated carbocycles. The fraction of sp³-hybridized carbons (Fsp3) is 0.167. The predicted octanol–water partition coefficient (Wildman–Crippen LogP) is 7.80. The second-order valence-electron chi connectivity index (χ2n) is 10.9. The quantitative estimate of drug-likeness (QED) is 0.0530. The van der Waals surface area contributed by atoms with Crippen LogP contribution >= 0.6 is 23.1 Å². The van der Waals surface area contributed by atoms with Crippen molar-refractivity contribution in [1.29, 1.82) is 0 Å². The SMILES string of the molecule is COc1cc(C2C(=C(O)c3cc(C)ccc3C)C(=O)C(=O)N2c2nnc(SCc3ccc(F)cc3)s2)ccc1OCc1ccccc1. The maximum absolute atomic E-state index is 13.8. The Balaban J connectivity index is 1.40. The van der Waals surface area contributed by atoms with Crippen molar-refractivity contribution in [1.82, 2.24) is 10.2 Å². The van der Waals surface area contributed by atoms with Crippen LogP contribution in [0.4, 0.5) is 9.52 Å². The Morgan fingerprint density at radius 3 is 2.45 bits per heavy atom. The number of halogens is 1. The van der Waals surface area contributed by atoms with Crippen LogP contribution in [0.3, 0.4) is 0 Å². The predicted molar refractivity (Wildman–Crippen MR) is 180 cm³/mol. The Morgan fingerprint density at radius 2 is 1.70 bits per heavy atom. The Hall–Kier alpha value is -5.00. The Morgan fingerprint density at radius 1 is 0.936 bits per heavy atom. The van der Waals surface area contributed by atoms with Gasteiger partial charge in [-0.2, -0.15) is 0 Å². The zero-order valence-corrected chi connectivity index (χ0v) is 27.4. The van der Waals surface area contributed by atoms with Crippen molar-refractivity contribution in [3.05, 3.63) is 136 Å². The van der Waals surface area contributed by atoms with Crippen LogP contribution in [0.2, 0.25) is 0 Å². The average molecular weight is 668 g/mol. The number of aliphatic hydroxyl groups is 1. The van der Waals surface area contributed by atoms with Crippen molar-refractivity contribution in [2.24, 2.45) is 0 Å². The highest BCUT2D eigenvalue weighted by molar-refractivity contribution is 8.00. The van der Waals surface area contributed by atoms with Crippen molar-refractivity contribution in [3.63, 3.8) is 0 Å². The van der Waals surface area contributed by atoms with E-state index in [1.165, 1.54) is 35.9 Å². The molecule has 0 radical (unpaired) electrons. The normalized spacial score (nSPS) is 15.7. The van der Waals surface area contributed by atoms with Gasteiger partial charge in [-0.3, -0.25) is 14.5 Å². The topological polar surface area (TPSA) is 102 Å². The van der Waals surface area contributed by atoms with Crippen molar-refractivity contribution in [3.8, 4) is 11.5 Å². The molecule has 4 aromatic carbocycles. The first-order valence-corrected chi connectivity index (χ1v) is 16.5. The number of amides is 1. The molecule has 5 aromatic rings. The molecule has 1 aliphatic heterocycles. The number of ether oxygens (including phenoxy) is 2. The van der Waals surface area contributed by atoms with Gasteiger partial charge in [0, 0.05) is 11.3 Å². The highest BCUT2D eigenvalue weighted by Crippen LogP contribution is 2.46. The number of thioether (sulfide) groups is 1. The van der Waals surface area contributed by atoms with Gasteiger partial charge < -0.3 is 14.6 Å². The molecule has 47 heavy (non-hydrogen) atoms. The largest absolute Gasteiger partial charge is 0.507 e. The average Bonchev–Trinajstić information content (AvgIpc) is 3.66. The van der Waals surface area contributed by atoms with Gasteiger partial charge in [0.1, 0.15) is 18.2 Å². The van der Waals surface area contributed by atoms with E-state index in [1.807, 2.05) is 56.3 Å². The fourth-order valence-corrected chi connectivity index (χ4v) is 7.10. The molecule has 1 amide bonds. The van der Waals surface area contributed by atoms with Gasteiger partial charge >= 0.3 is 5.91 Å². The van der Waals surface area contributed by atoms with Crippen molar-refractivity contribution >= 4 is 45.7 Å². The zero-order valence-electron chi connectivity index (χ0n) is 25.8. The number of ketones is 1. The Kier molecular flexibility index (Phi) is 9.37. The number of benzene rings is 4.